The first-order valence-electron chi connectivity index (χ1n) is 8.54. The minimum atomic E-state index is -1.77. The molecule has 0 aliphatic heterocycles. The van der Waals surface area contributed by atoms with Crippen molar-refractivity contribution >= 4 is 60.8 Å². The number of carboxylic acid groups (broad SMARTS) is 2. The fraction of sp³-hybridized carbons (Fsp3) is 0.600. The maximum atomic E-state index is 12.4. The third kappa shape index (κ3) is 10.3. The van der Waals surface area contributed by atoms with Gasteiger partial charge in [0, 0.05) is 17.9 Å². The highest BCUT2D eigenvalue weighted by molar-refractivity contribution is 7.80. The van der Waals surface area contributed by atoms with Crippen LogP contribution in [0.2, 0.25) is 0 Å². The Bertz CT molecular complexity index is 677. The van der Waals surface area contributed by atoms with Gasteiger partial charge in [-0.25, -0.2) is 4.79 Å². The topological polar surface area (TPSA) is 231 Å². The monoisotopic (exact) mass is 467 g/mol. The maximum absolute atomic E-state index is 12.4. The second-order valence-electron chi connectivity index (χ2n) is 6.10. The van der Waals surface area contributed by atoms with Crippen LogP contribution in [0.5, 0.6) is 0 Å². The van der Waals surface area contributed by atoms with Crippen molar-refractivity contribution in [3.8, 4) is 0 Å². The largest absolute Gasteiger partial charge is 0.481 e. The summed E-state index contributed by atoms with van der Waals surface area (Å²) in [6.45, 7) is 0. The van der Waals surface area contributed by atoms with E-state index in [4.69, 9.17) is 21.7 Å². The number of aliphatic carboxylic acids is 2. The summed E-state index contributed by atoms with van der Waals surface area (Å²) in [5.41, 5.74) is 10.6. The third-order valence-corrected chi connectivity index (χ3v) is 4.41. The summed E-state index contributed by atoms with van der Waals surface area (Å²) in [6.07, 6.45) is -1.54. The lowest BCUT2D eigenvalue weighted by atomic mass is 10.1. The van der Waals surface area contributed by atoms with Gasteiger partial charge in [0.25, 0.3) is 0 Å². The summed E-state index contributed by atoms with van der Waals surface area (Å²) in [5.74, 6) is -6.63. The van der Waals surface area contributed by atoms with E-state index in [1.807, 2.05) is 5.32 Å². The lowest BCUT2D eigenvalue weighted by Crippen LogP contribution is -2.58. The van der Waals surface area contributed by atoms with E-state index in [1.165, 1.54) is 0 Å². The molecule has 30 heavy (non-hydrogen) atoms. The molecule has 13 nitrogen and oxygen atoms in total. The average molecular weight is 468 g/mol. The molecule has 0 spiro atoms. The molecule has 15 heteroatoms. The average Bonchev–Trinajstić information content (AvgIpc) is 2.66. The second-order valence-corrected chi connectivity index (χ2v) is 6.83. The van der Waals surface area contributed by atoms with Gasteiger partial charge < -0.3 is 37.6 Å². The molecule has 0 aromatic carbocycles. The number of carbonyl (C=O) groups is 6. The van der Waals surface area contributed by atoms with Crippen LogP contribution in [0.1, 0.15) is 19.3 Å². The predicted molar refractivity (Wildman–Crippen MR) is 110 cm³/mol. The van der Waals surface area contributed by atoms with Crippen LogP contribution in [-0.4, -0.2) is 81.5 Å². The molecule has 0 aromatic heterocycles. The summed E-state index contributed by atoms with van der Waals surface area (Å²) >= 11 is 7.82. The maximum Gasteiger partial charge on any atom is 0.326 e. The molecule has 4 unspecified atom stereocenters. The molecule has 0 aliphatic rings. The number of amides is 4. The van der Waals surface area contributed by atoms with Crippen LogP contribution in [0.3, 0.4) is 0 Å². The smallest absolute Gasteiger partial charge is 0.326 e. The van der Waals surface area contributed by atoms with E-state index >= 15 is 0 Å². The van der Waals surface area contributed by atoms with Gasteiger partial charge in [-0.3, -0.25) is 24.0 Å². The van der Waals surface area contributed by atoms with Crippen molar-refractivity contribution in [1.82, 2.24) is 16.0 Å². The number of rotatable bonds is 14. The standard InChI is InChI=1S/C15H25N5O8S2/c16-6(4-29)12(24)20-9(5-30)14(26)18-7(1-2-10(17)21)13(25)19-8(15(27)28)3-11(22)23/h6-9,29-30H,1-5,16H2,(H2,17,21)(H,18,26)(H,19,25)(H,20,24)(H,22,23)(H,27,28). The molecule has 4 atom stereocenters. The molecule has 0 rings (SSSR count). The molecular formula is C15H25N5O8S2. The Labute approximate surface area is 182 Å². The van der Waals surface area contributed by atoms with E-state index in [1.54, 1.807) is 0 Å². The summed E-state index contributed by atoms with van der Waals surface area (Å²) in [4.78, 5) is 69.6. The Kier molecular flexibility index (Phi) is 12.5. The molecule has 0 saturated heterocycles. The summed E-state index contributed by atoms with van der Waals surface area (Å²) < 4.78 is 0. The first kappa shape index (κ1) is 27.5. The molecule has 4 amide bonds. The fourth-order valence-corrected chi connectivity index (χ4v) is 2.45. The molecule has 0 fully saturated rings. The summed E-state index contributed by atoms with van der Waals surface area (Å²) in [6, 6.07) is -5.40. The van der Waals surface area contributed by atoms with Gasteiger partial charge in [0.1, 0.15) is 18.1 Å². The molecule has 0 saturated carbocycles. The van der Waals surface area contributed by atoms with Gasteiger partial charge in [0.05, 0.1) is 12.5 Å². The predicted octanol–water partition coefficient (Wildman–Crippen LogP) is -3.55. The molecule has 0 radical (unpaired) electrons. The number of hydrogen-bond acceptors (Lipinski definition) is 9. The molecule has 0 heterocycles. The Hall–Kier alpha value is -2.52. The van der Waals surface area contributed by atoms with Crippen LogP contribution in [0.15, 0.2) is 0 Å². The van der Waals surface area contributed by atoms with Crippen LogP contribution in [0, 0.1) is 0 Å². The SMILES string of the molecule is NC(=O)CCC(NC(=O)C(CS)NC(=O)C(N)CS)C(=O)NC(CC(=O)O)C(=O)O. The van der Waals surface area contributed by atoms with Crippen molar-refractivity contribution in [3.05, 3.63) is 0 Å². The quantitative estimate of drug-likeness (QED) is 0.115. The van der Waals surface area contributed by atoms with E-state index in [9.17, 15) is 28.8 Å². The first-order valence-corrected chi connectivity index (χ1v) is 9.80. The third-order valence-electron chi connectivity index (χ3n) is 3.65. The molecule has 0 aliphatic carbocycles. The van der Waals surface area contributed by atoms with Gasteiger partial charge >= 0.3 is 11.9 Å². The first-order chi connectivity index (χ1) is 13.9. The lowest BCUT2D eigenvalue weighted by Gasteiger charge is -2.24. The zero-order valence-corrected chi connectivity index (χ0v) is 17.5. The van der Waals surface area contributed by atoms with Crippen molar-refractivity contribution in [2.75, 3.05) is 11.5 Å². The fourth-order valence-electron chi connectivity index (χ4n) is 2.03. The number of primary amides is 1. The molecule has 0 aromatic rings. The van der Waals surface area contributed by atoms with Crippen molar-refractivity contribution in [2.45, 2.75) is 43.4 Å². The second kappa shape index (κ2) is 13.7. The van der Waals surface area contributed by atoms with Crippen molar-refractivity contribution in [2.24, 2.45) is 11.5 Å². The minimum absolute atomic E-state index is 0.0105. The van der Waals surface area contributed by atoms with Crippen molar-refractivity contribution in [3.63, 3.8) is 0 Å². The highest BCUT2D eigenvalue weighted by Gasteiger charge is 2.30. The normalized spacial score (nSPS) is 14.5. The summed E-state index contributed by atoms with van der Waals surface area (Å²) in [7, 11) is 0. The zero-order valence-electron chi connectivity index (χ0n) is 15.7. The number of nitrogens with one attached hydrogen (secondary N) is 3. The van der Waals surface area contributed by atoms with Gasteiger partial charge in [0.2, 0.25) is 23.6 Å². The van der Waals surface area contributed by atoms with E-state index < -0.39 is 66.2 Å². The Morgan fingerprint density at radius 2 is 1.30 bits per heavy atom. The van der Waals surface area contributed by atoms with Gasteiger partial charge in [-0.2, -0.15) is 25.3 Å². The highest BCUT2D eigenvalue weighted by Crippen LogP contribution is 2.03. The van der Waals surface area contributed by atoms with Crippen molar-refractivity contribution in [1.29, 1.82) is 0 Å². The van der Waals surface area contributed by atoms with Crippen LogP contribution < -0.4 is 27.4 Å². The zero-order chi connectivity index (χ0) is 23.4. The number of carbonyl (C=O) groups excluding carboxylic acids is 4. The Morgan fingerprint density at radius 3 is 1.73 bits per heavy atom. The molecular weight excluding hydrogens is 442 g/mol. The van der Waals surface area contributed by atoms with Crippen LogP contribution in [-0.2, 0) is 28.8 Å². The van der Waals surface area contributed by atoms with E-state index in [0.717, 1.165) is 0 Å². The van der Waals surface area contributed by atoms with Crippen LogP contribution >= 0.6 is 25.3 Å². The number of thiol groups is 2. The highest BCUT2D eigenvalue weighted by atomic mass is 32.1. The van der Waals surface area contributed by atoms with Crippen LogP contribution in [0.4, 0.5) is 0 Å². The van der Waals surface area contributed by atoms with Gasteiger partial charge in [-0.1, -0.05) is 0 Å². The molecule has 0 bridgehead atoms. The molecule has 170 valence electrons. The van der Waals surface area contributed by atoms with Crippen molar-refractivity contribution < 1.29 is 39.0 Å². The summed E-state index contributed by atoms with van der Waals surface area (Å²) in [5, 5.41) is 24.3. The Morgan fingerprint density at radius 1 is 0.800 bits per heavy atom. The van der Waals surface area contributed by atoms with E-state index in [0.29, 0.717) is 0 Å². The van der Waals surface area contributed by atoms with Gasteiger partial charge in [-0.05, 0) is 6.42 Å². The van der Waals surface area contributed by atoms with E-state index in [-0.39, 0.29) is 24.3 Å². The number of nitrogens with two attached hydrogens (primary N) is 2. The Balaban J connectivity index is 5.34. The van der Waals surface area contributed by atoms with Crippen LogP contribution in [0.25, 0.3) is 0 Å². The molecule has 9 N–H and O–H groups in total. The van der Waals surface area contributed by atoms with Gasteiger partial charge in [-0.15, -0.1) is 0 Å². The van der Waals surface area contributed by atoms with Gasteiger partial charge in [0.15, 0.2) is 0 Å². The number of carboxylic acids is 2. The lowest BCUT2D eigenvalue weighted by molar-refractivity contribution is -0.147. The number of hydrogen-bond donors (Lipinski definition) is 9. The van der Waals surface area contributed by atoms with E-state index in [2.05, 4.69) is 35.9 Å². The minimum Gasteiger partial charge on any atom is -0.481 e.